The lowest BCUT2D eigenvalue weighted by molar-refractivity contribution is 0.624. The molecule has 0 spiro atoms. The Labute approximate surface area is 116 Å². The molecular weight excluding hydrogens is 255 g/mol. The normalized spacial score (nSPS) is 10.3. The molecule has 3 nitrogen and oxygen atoms in total. The summed E-state index contributed by atoms with van der Waals surface area (Å²) in [6.07, 6.45) is 2.38. The van der Waals surface area contributed by atoms with Gasteiger partial charge in [0, 0.05) is 12.7 Å². The number of benzene rings is 1. The lowest BCUT2D eigenvalue weighted by Gasteiger charge is -2.10. The summed E-state index contributed by atoms with van der Waals surface area (Å²) < 4.78 is 14.4. The van der Waals surface area contributed by atoms with Crippen molar-refractivity contribution in [2.24, 2.45) is 0 Å². The number of aromatic nitrogens is 1. The first-order chi connectivity index (χ1) is 9.52. The number of aryl methyl sites for hydroxylation is 3. The molecule has 0 aliphatic carbocycles. The maximum atomic E-state index is 12.8. The van der Waals surface area contributed by atoms with Crippen molar-refractivity contribution in [1.82, 2.24) is 4.57 Å². The molecule has 2 rings (SSSR count). The highest BCUT2D eigenvalue weighted by Crippen LogP contribution is 2.09. The summed E-state index contributed by atoms with van der Waals surface area (Å²) in [6.45, 7) is 4.13. The van der Waals surface area contributed by atoms with Crippen LogP contribution in [0.2, 0.25) is 0 Å². The van der Waals surface area contributed by atoms with Gasteiger partial charge in [-0.1, -0.05) is 12.1 Å². The van der Waals surface area contributed by atoms with Gasteiger partial charge in [0.05, 0.1) is 0 Å². The first-order valence-electron chi connectivity index (χ1n) is 6.38. The summed E-state index contributed by atoms with van der Waals surface area (Å²) in [5.41, 5.74) is 2.53. The summed E-state index contributed by atoms with van der Waals surface area (Å²) in [4.78, 5) is 12.1. The molecule has 0 saturated carbocycles. The Hall–Kier alpha value is -2.41. The number of hydrogen-bond acceptors (Lipinski definition) is 2. The molecule has 1 aromatic carbocycles. The van der Waals surface area contributed by atoms with Gasteiger partial charge >= 0.3 is 0 Å². The van der Waals surface area contributed by atoms with Crippen molar-refractivity contribution in [3.63, 3.8) is 0 Å². The van der Waals surface area contributed by atoms with Gasteiger partial charge in [0.2, 0.25) is 0 Å². The summed E-state index contributed by atoms with van der Waals surface area (Å²) in [7, 11) is 0. The molecule has 0 radical (unpaired) electrons. The minimum atomic E-state index is -0.274. The largest absolute Gasteiger partial charge is 0.314 e. The van der Waals surface area contributed by atoms with Crippen LogP contribution in [0.3, 0.4) is 0 Å². The zero-order valence-corrected chi connectivity index (χ0v) is 11.5. The van der Waals surface area contributed by atoms with Crippen LogP contribution in [0.4, 0.5) is 4.39 Å². The average Bonchev–Trinajstić information content (AvgIpc) is 2.44. The van der Waals surface area contributed by atoms with E-state index in [1.54, 1.807) is 29.8 Å². The first-order valence-corrected chi connectivity index (χ1v) is 6.38. The molecule has 20 heavy (non-hydrogen) atoms. The Morgan fingerprint density at radius 1 is 1.25 bits per heavy atom. The van der Waals surface area contributed by atoms with Crippen LogP contribution >= 0.6 is 0 Å². The average molecular weight is 270 g/mol. The number of nitrogens with zero attached hydrogens (tertiary/aromatic N) is 2. The van der Waals surface area contributed by atoms with E-state index < -0.39 is 0 Å². The van der Waals surface area contributed by atoms with E-state index in [0.717, 1.165) is 16.7 Å². The van der Waals surface area contributed by atoms with E-state index in [1.807, 2.05) is 13.0 Å². The number of rotatable bonds is 3. The Balaban J connectivity index is 2.27. The highest BCUT2D eigenvalue weighted by Gasteiger charge is 2.09. The Morgan fingerprint density at radius 2 is 1.90 bits per heavy atom. The van der Waals surface area contributed by atoms with Crippen LogP contribution in [0.5, 0.6) is 0 Å². The molecule has 0 atom stereocenters. The Morgan fingerprint density at radius 3 is 2.50 bits per heavy atom. The molecule has 4 heteroatoms. The Bertz CT molecular complexity index is 724. The molecule has 0 aliphatic rings. The van der Waals surface area contributed by atoms with Crippen molar-refractivity contribution in [2.75, 3.05) is 0 Å². The van der Waals surface area contributed by atoms with E-state index in [2.05, 4.69) is 0 Å². The number of halogens is 1. The number of pyridine rings is 1. The van der Waals surface area contributed by atoms with Gasteiger partial charge in [0.1, 0.15) is 17.4 Å². The van der Waals surface area contributed by atoms with Crippen LogP contribution in [0.25, 0.3) is 0 Å². The topological polar surface area (TPSA) is 45.8 Å². The molecule has 0 fully saturated rings. The van der Waals surface area contributed by atoms with Crippen molar-refractivity contribution in [3.8, 4) is 6.07 Å². The third kappa shape index (κ3) is 2.77. The zero-order chi connectivity index (χ0) is 14.7. The van der Waals surface area contributed by atoms with E-state index in [-0.39, 0.29) is 16.9 Å². The van der Waals surface area contributed by atoms with E-state index in [1.165, 1.54) is 12.1 Å². The molecule has 2 aromatic rings. The van der Waals surface area contributed by atoms with Crippen molar-refractivity contribution < 1.29 is 4.39 Å². The van der Waals surface area contributed by atoms with Gasteiger partial charge in [0.25, 0.3) is 5.56 Å². The van der Waals surface area contributed by atoms with E-state index in [0.29, 0.717) is 13.0 Å². The van der Waals surface area contributed by atoms with E-state index in [9.17, 15) is 9.18 Å². The van der Waals surface area contributed by atoms with Gasteiger partial charge < -0.3 is 4.57 Å². The molecule has 1 aromatic heterocycles. The number of nitriles is 1. The smallest absolute Gasteiger partial charge is 0.268 e. The van der Waals surface area contributed by atoms with Crippen LogP contribution in [0, 0.1) is 31.0 Å². The quantitative estimate of drug-likeness (QED) is 0.860. The SMILES string of the molecule is Cc1cn(CCc2ccc(F)cc2)c(=O)c(C#N)c1C. The third-order valence-corrected chi connectivity index (χ3v) is 3.46. The van der Waals surface area contributed by atoms with Crippen LogP contribution in [-0.4, -0.2) is 4.57 Å². The van der Waals surface area contributed by atoms with Gasteiger partial charge in [-0.2, -0.15) is 5.26 Å². The van der Waals surface area contributed by atoms with Crippen LogP contribution in [0.1, 0.15) is 22.3 Å². The fourth-order valence-electron chi connectivity index (χ4n) is 2.09. The van der Waals surface area contributed by atoms with Crippen molar-refractivity contribution in [1.29, 1.82) is 5.26 Å². The zero-order valence-electron chi connectivity index (χ0n) is 11.5. The molecule has 0 bridgehead atoms. The molecule has 0 saturated heterocycles. The Kier molecular flexibility index (Phi) is 3.99. The maximum Gasteiger partial charge on any atom is 0.268 e. The van der Waals surface area contributed by atoms with Crippen LogP contribution in [0.15, 0.2) is 35.3 Å². The summed E-state index contributed by atoms with van der Waals surface area (Å²) >= 11 is 0. The van der Waals surface area contributed by atoms with Gasteiger partial charge in [-0.25, -0.2) is 4.39 Å². The summed E-state index contributed by atoms with van der Waals surface area (Å²) in [6, 6.07) is 8.17. The predicted octanol–water partition coefficient (Wildman–Crippen LogP) is 2.72. The third-order valence-electron chi connectivity index (χ3n) is 3.46. The molecular formula is C16H15FN2O. The minimum absolute atomic E-state index is 0.198. The molecule has 102 valence electrons. The van der Waals surface area contributed by atoms with Gasteiger partial charge in [0.15, 0.2) is 0 Å². The monoisotopic (exact) mass is 270 g/mol. The minimum Gasteiger partial charge on any atom is -0.314 e. The molecule has 0 aliphatic heterocycles. The maximum absolute atomic E-state index is 12.8. The lowest BCUT2D eigenvalue weighted by atomic mass is 10.1. The van der Waals surface area contributed by atoms with Crippen LogP contribution in [-0.2, 0) is 13.0 Å². The van der Waals surface area contributed by atoms with Crippen molar-refractivity contribution in [3.05, 3.63) is 68.9 Å². The second-order valence-corrected chi connectivity index (χ2v) is 4.80. The molecule has 0 N–H and O–H groups in total. The molecule has 0 unspecified atom stereocenters. The predicted molar refractivity (Wildman–Crippen MR) is 75.0 cm³/mol. The van der Waals surface area contributed by atoms with Gasteiger partial charge in [-0.15, -0.1) is 0 Å². The van der Waals surface area contributed by atoms with Gasteiger partial charge in [-0.05, 0) is 49.1 Å². The van der Waals surface area contributed by atoms with E-state index in [4.69, 9.17) is 5.26 Å². The van der Waals surface area contributed by atoms with Crippen molar-refractivity contribution in [2.45, 2.75) is 26.8 Å². The lowest BCUT2D eigenvalue weighted by Crippen LogP contribution is -2.25. The fraction of sp³-hybridized carbons (Fsp3) is 0.250. The first kappa shape index (κ1) is 14.0. The van der Waals surface area contributed by atoms with Crippen molar-refractivity contribution >= 4 is 0 Å². The molecule has 1 heterocycles. The fourth-order valence-corrected chi connectivity index (χ4v) is 2.09. The summed E-state index contributed by atoms with van der Waals surface area (Å²) in [5, 5.41) is 9.06. The van der Waals surface area contributed by atoms with Crippen LogP contribution < -0.4 is 5.56 Å². The highest BCUT2D eigenvalue weighted by atomic mass is 19.1. The van der Waals surface area contributed by atoms with E-state index >= 15 is 0 Å². The number of hydrogen-bond donors (Lipinski definition) is 0. The highest BCUT2D eigenvalue weighted by molar-refractivity contribution is 5.38. The molecule has 0 amide bonds. The summed E-state index contributed by atoms with van der Waals surface area (Å²) in [5.74, 6) is -0.274. The van der Waals surface area contributed by atoms with Gasteiger partial charge in [-0.3, -0.25) is 4.79 Å². The standard InChI is InChI=1S/C16H15FN2O/c1-11-10-19(16(20)15(9-18)12(11)2)8-7-13-3-5-14(17)6-4-13/h3-6,10H,7-8H2,1-2H3. The second-order valence-electron chi connectivity index (χ2n) is 4.80. The second kappa shape index (κ2) is 5.70.